The van der Waals surface area contributed by atoms with Gasteiger partial charge in [0.05, 0.1) is 11.9 Å². The molecule has 4 heteroatoms. The SMILES string of the molecule is CCCNc1cn[nH]c(=O)c1. The zero-order valence-corrected chi connectivity index (χ0v) is 6.42. The van der Waals surface area contributed by atoms with Gasteiger partial charge in [-0.05, 0) is 6.42 Å². The van der Waals surface area contributed by atoms with E-state index in [1.807, 2.05) is 0 Å². The predicted octanol–water partition coefficient (Wildman–Crippen LogP) is 0.592. The fraction of sp³-hybridized carbons (Fsp3) is 0.429. The average molecular weight is 153 g/mol. The van der Waals surface area contributed by atoms with E-state index >= 15 is 0 Å². The molecule has 11 heavy (non-hydrogen) atoms. The lowest BCUT2D eigenvalue weighted by Crippen LogP contribution is -2.09. The Balaban J connectivity index is 2.64. The largest absolute Gasteiger partial charge is 0.384 e. The smallest absolute Gasteiger partial charge is 0.266 e. The first kappa shape index (κ1) is 7.78. The Kier molecular flexibility index (Phi) is 2.66. The number of hydrogen-bond acceptors (Lipinski definition) is 3. The van der Waals surface area contributed by atoms with Crippen LogP contribution in [0.15, 0.2) is 17.1 Å². The Morgan fingerprint density at radius 3 is 3.18 bits per heavy atom. The molecule has 0 aliphatic heterocycles. The van der Waals surface area contributed by atoms with Crippen molar-refractivity contribution in [1.29, 1.82) is 0 Å². The summed E-state index contributed by atoms with van der Waals surface area (Å²) in [6.07, 6.45) is 2.63. The van der Waals surface area contributed by atoms with Crippen LogP contribution in [0.5, 0.6) is 0 Å². The summed E-state index contributed by atoms with van der Waals surface area (Å²) >= 11 is 0. The second-order valence-electron chi connectivity index (χ2n) is 2.26. The second-order valence-corrected chi connectivity index (χ2v) is 2.26. The molecule has 1 aromatic rings. The summed E-state index contributed by atoms with van der Waals surface area (Å²) in [6, 6.07) is 1.49. The normalized spacial score (nSPS) is 9.55. The summed E-state index contributed by atoms with van der Waals surface area (Å²) in [5.41, 5.74) is 0.599. The zero-order valence-electron chi connectivity index (χ0n) is 6.42. The first-order chi connectivity index (χ1) is 5.33. The lowest BCUT2D eigenvalue weighted by molar-refractivity contribution is 0.952. The molecular formula is C7H11N3O. The van der Waals surface area contributed by atoms with Gasteiger partial charge in [0, 0.05) is 12.6 Å². The Bertz CT molecular complexity index is 268. The van der Waals surface area contributed by atoms with Crippen molar-refractivity contribution in [2.24, 2.45) is 0 Å². The van der Waals surface area contributed by atoms with Crippen LogP contribution in [0.4, 0.5) is 5.69 Å². The van der Waals surface area contributed by atoms with Crippen LogP contribution in [-0.4, -0.2) is 16.7 Å². The fourth-order valence-electron chi connectivity index (χ4n) is 0.742. The minimum absolute atomic E-state index is 0.175. The molecule has 0 fully saturated rings. The van der Waals surface area contributed by atoms with Crippen LogP contribution < -0.4 is 10.9 Å². The number of anilines is 1. The summed E-state index contributed by atoms with van der Waals surface area (Å²) < 4.78 is 0. The third kappa shape index (κ3) is 2.41. The van der Waals surface area contributed by atoms with E-state index in [0.29, 0.717) is 0 Å². The molecule has 0 radical (unpaired) electrons. The molecule has 4 nitrogen and oxygen atoms in total. The summed E-state index contributed by atoms with van der Waals surface area (Å²) in [5.74, 6) is 0. The van der Waals surface area contributed by atoms with Crippen molar-refractivity contribution in [3.05, 3.63) is 22.6 Å². The van der Waals surface area contributed by atoms with Crippen molar-refractivity contribution >= 4 is 5.69 Å². The van der Waals surface area contributed by atoms with E-state index in [-0.39, 0.29) is 5.56 Å². The standard InChI is InChI=1S/C7H11N3O/c1-2-3-8-6-4-7(11)10-9-5-6/h4-5H,2-3H2,1H3,(H2,8,10,11). The highest BCUT2D eigenvalue weighted by molar-refractivity contribution is 5.38. The topological polar surface area (TPSA) is 57.8 Å². The molecule has 1 aromatic heterocycles. The zero-order chi connectivity index (χ0) is 8.10. The van der Waals surface area contributed by atoms with E-state index in [9.17, 15) is 4.79 Å². The van der Waals surface area contributed by atoms with Crippen molar-refractivity contribution in [2.45, 2.75) is 13.3 Å². The van der Waals surface area contributed by atoms with E-state index < -0.39 is 0 Å². The quantitative estimate of drug-likeness (QED) is 0.668. The molecule has 0 aliphatic rings. The lowest BCUT2D eigenvalue weighted by atomic mass is 10.4. The summed E-state index contributed by atoms with van der Waals surface area (Å²) in [6.45, 7) is 2.93. The Hall–Kier alpha value is -1.32. The van der Waals surface area contributed by atoms with Crippen molar-refractivity contribution in [3.8, 4) is 0 Å². The molecule has 0 aliphatic carbocycles. The van der Waals surface area contributed by atoms with E-state index in [0.717, 1.165) is 18.7 Å². The summed E-state index contributed by atoms with van der Waals surface area (Å²) in [4.78, 5) is 10.7. The third-order valence-electron chi connectivity index (χ3n) is 1.24. The Labute approximate surface area is 64.6 Å². The van der Waals surface area contributed by atoms with Crippen LogP contribution in [0.1, 0.15) is 13.3 Å². The number of H-pyrrole nitrogens is 1. The highest BCUT2D eigenvalue weighted by Gasteiger charge is 1.89. The van der Waals surface area contributed by atoms with Gasteiger partial charge in [-0.25, -0.2) is 5.10 Å². The van der Waals surface area contributed by atoms with E-state index in [1.54, 1.807) is 6.20 Å². The average Bonchev–Trinajstić information content (AvgIpc) is 2.01. The van der Waals surface area contributed by atoms with Gasteiger partial charge in [-0.1, -0.05) is 6.92 Å². The molecule has 0 spiro atoms. The van der Waals surface area contributed by atoms with Gasteiger partial charge in [0.2, 0.25) is 0 Å². The molecule has 1 rings (SSSR count). The number of nitrogens with one attached hydrogen (secondary N) is 2. The Morgan fingerprint density at radius 1 is 1.73 bits per heavy atom. The first-order valence-electron chi connectivity index (χ1n) is 3.61. The highest BCUT2D eigenvalue weighted by atomic mass is 16.1. The molecular weight excluding hydrogens is 142 g/mol. The van der Waals surface area contributed by atoms with Gasteiger partial charge in [0.15, 0.2) is 0 Å². The van der Waals surface area contributed by atoms with Gasteiger partial charge < -0.3 is 5.32 Å². The Morgan fingerprint density at radius 2 is 2.55 bits per heavy atom. The number of rotatable bonds is 3. The second kappa shape index (κ2) is 3.75. The predicted molar refractivity (Wildman–Crippen MR) is 43.6 cm³/mol. The fourth-order valence-corrected chi connectivity index (χ4v) is 0.742. The minimum atomic E-state index is -0.175. The van der Waals surface area contributed by atoms with Crippen LogP contribution in [0, 0.1) is 0 Å². The van der Waals surface area contributed by atoms with Crippen LogP contribution >= 0.6 is 0 Å². The third-order valence-corrected chi connectivity index (χ3v) is 1.24. The number of aromatic amines is 1. The highest BCUT2D eigenvalue weighted by Crippen LogP contribution is 1.97. The summed E-state index contributed by atoms with van der Waals surface area (Å²) in [7, 11) is 0. The van der Waals surface area contributed by atoms with Crippen LogP contribution in [0.3, 0.4) is 0 Å². The van der Waals surface area contributed by atoms with Gasteiger partial charge in [-0.15, -0.1) is 0 Å². The number of aromatic nitrogens is 2. The molecule has 0 amide bonds. The van der Waals surface area contributed by atoms with Gasteiger partial charge in [0.25, 0.3) is 5.56 Å². The van der Waals surface area contributed by atoms with E-state index in [2.05, 4.69) is 22.4 Å². The molecule has 0 aromatic carbocycles. The molecule has 0 atom stereocenters. The molecule has 0 saturated carbocycles. The maximum Gasteiger partial charge on any atom is 0.266 e. The van der Waals surface area contributed by atoms with Gasteiger partial charge >= 0.3 is 0 Å². The molecule has 0 unspecified atom stereocenters. The molecule has 2 N–H and O–H groups in total. The van der Waals surface area contributed by atoms with E-state index in [1.165, 1.54) is 6.07 Å². The minimum Gasteiger partial charge on any atom is -0.384 e. The van der Waals surface area contributed by atoms with Crippen molar-refractivity contribution in [3.63, 3.8) is 0 Å². The van der Waals surface area contributed by atoms with Gasteiger partial charge in [-0.3, -0.25) is 4.79 Å². The maximum absolute atomic E-state index is 10.7. The number of hydrogen-bond donors (Lipinski definition) is 2. The van der Waals surface area contributed by atoms with Crippen molar-refractivity contribution < 1.29 is 0 Å². The molecule has 1 heterocycles. The van der Waals surface area contributed by atoms with Crippen molar-refractivity contribution in [2.75, 3.05) is 11.9 Å². The molecule has 0 bridgehead atoms. The van der Waals surface area contributed by atoms with Gasteiger partial charge in [0.1, 0.15) is 0 Å². The van der Waals surface area contributed by atoms with Crippen LogP contribution in [0.2, 0.25) is 0 Å². The lowest BCUT2D eigenvalue weighted by Gasteiger charge is -2.00. The summed E-state index contributed by atoms with van der Waals surface area (Å²) in [5, 5.41) is 8.99. The molecule has 0 saturated heterocycles. The van der Waals surface area contributed by atoms with Crippen LogP contribution in [0.25, 0.3) is 0 Å². The van der Waals surface area contributed by atoms with Gasteiger partial charge in [-0.2, -0.15) is 5.10 Å². The molecule has 60 valence electrons. The first-order valence-corrected chi connectivity index (χ1v) is 3.61. The number of nitrogens with zero attached hydrogens (tertiary/aromatic N) is 1. The van der Waals surface area contributed by atoms with E-state index in [4.69, 9.17) is 0 Å². The van der Waals surface area contributed by atoms with Crippen molar-refractivity contribution in [1.82, 2.24) is 10.2 Å². The maximum atomic E-state index is 10.7. The monoisotopic (exact) mass is 153 g/mol. The van der Waals surface area contributed by atoms with Crippen LogP contribution in [-0.2, 0) is 0 Å².